The molecule has 0 spiro atoms. The number of benzene rings is 5. The van der Waals surface area contributed by atoms with E-state index in [2.05, 4.69) is 162 Å². The monoisotopic (exact) mass is 558 g/mol. The van der Waals surface area contributed by atoms with Crippen LogP contribution in [0.2, 0.25) is 0 Å². The molecular formula is C41H38N2. The Hall–Kier alpha value is -4.66. The molecule has 5 aromatic rings. The molecule has 2 aliphatic rings. The van der Waals surface area contributed by atoms with Crippen LogP contribution in [0.4, 0.5) is 5.69 Å². The van der Waals surface area contributed by atoms with Gasteiger partial charge in [0.1, 0.15) is 0 Å². The minimum absolute atomic E-state index is 0.252. The summed E-state index contributed by atoms with van der Waals surface area (Å²) in [5.41, 5.74) is 15.2. The van der Waals surface area contributed by atoms with E-state index in [1.54, 1.807) is 0 Å². The third-order valence-electron chi connectivity index (χ3n) is 9.50. The van der Waals surface area contributed by atoms with Crippen LogP contribution in [-0.2, 0) is 10.8 Å². The van der Waals surface area contributed by atoms with E-state index in [0.717, 1.165) is 11.4 Å². The van der Waals surface area contributed by atoms with Crippen LogP contribution in [0, 0.1) is 20.8 Å². The van der Waals surface area contributed by atoms with Gasteiger partial charge >= 0.3 is 0 Å². The summed E-state index contributed by atoms with van der Waals surface area (Å²) in [5.74, 6) is 7.12. The van der Waals surface area contributed by atoms with E-state index < -0.39 is 5.41 Å². The first kappa shape index (κ1) is 27.2. The van der Waals surface area contributed by atoms with Crippen molar-refractivity contribution in [3.63, 3.8) is 0 Å². The average Bonchev–Trinajstić information content (AvgIpc) is 3.30. The van der Waals surface area contributed by atoms with E-state index in [0.29, 0.717) is 0 Å². The quantitative estimate of drug-likeness (QED) is 0.219. The van der Waals surface area contributed by atoms with E-state index in [1.807, 2.05) is 5.01 Å². The van der Waals surface area contributed by atoms with Gasteiger partial charge in [0.2, 0.25) is 0 Å². The number of hydrogen-bond acceptors (Lipinski definition) is 2. The highest BCUT2D eigenvalue weighted by Crippen LogP contribution is 2.56. The Labute approximate surface area is 255 Å². The number of nitrogens with two attached hydrogens (primary N) is 1. The summed E-state index contributed by atoms with van der Waals surface area (Å²) < 4.78 is 0. The van der Waals surface area contributed by atoms with E-state index in [4.69, 9.17) is 5.84 Å². The van der Waals surface area contributed by atoms with E-state index >= 15 is 0 Å². The lowest BCUT2D eigenvalue weighted by Crippen LogP contribution is -2.34. The van der Waals surface area contributed by atoms with E-state index in [1.165, 1.54) is 61.2 Å². The Balaban J connectivity index is 1.50. The maximum Gasteiger partial charge on any atom is 0.0713 e. The molecule has 2 heteroatoms. The Morgan fingerprint density at radius 1 is 0.605 bits per heavy atom. The lowest BCUT2D eigenvalue weighted by Gasteiger charge is -2.37. The number of rotatable bonds is 3. The molecule has 1 aliphatic carbocycles. The van der Waals surface area contributed by atoms with Gasteiger partial charge in [-0.15, -0.1) is 0 Å². The molecule has 0 unspecified atom stereocenters. The van der Waals surface area contributed by atoms with Gasteiger partial charge in [-0.25, -0.2) is 5.84 Å². The molecule has 0 atom stereocenters. The van der Waals surface area contributed by atoms with Crippen molar-refractivity contribution in [3.05, 3.63) is 177 Å². The summed E-state index contributed by atoms with van der Waals surface area (Å²) in [6.45, 7) is 11.1. The van der Waals surface area contributed by atoms with Crippen molar-refractivity contribution in [1.82, 2.24) is 0 Å². The van der Waals surface area contributed by atoms with Gasteiger partial charge in [0, 0.05) is 11.0 Å². The Bertz CT molecular complexity index is 1870. The number of allylic oxidation sites excluding steroid dienone is 3. The molecule has 212 valence electrons. The third-order valence-corrected chi connectivity index (χ3v) is 9.50. The lowest BCUT2D eigenvalue weighted by atomic mass is 9.66. The summed E-state index contributed by atoms with van der Waals surface area (Å²) >= 11 is 0. The lowest BCUT2D eigenvalue weighted by molar-refractivity contribution is 0.661. The second kappa shape index (κ2) is 9.97. The van der Waals surface area contributed by atoms with Crippen LogP contribution in [-0.4, -0.2) is 0 Å². The molecule has 0 amide bonds. The van der Waals surface area contributed by atoms with Gasteiger partial charge in [-0.1, -0.05) is 135 Å². The second-order valence-corrected chi connectivity index (χ2v) is 12.7. The molecule has 43 heavy (non-hydrogen) atoms. The number of anilines is 1. The van der Waals surface area contributed by atoms with Crippen LogP contribution < -0.4 is 10.9 Å². The number of aryl methyl sites for hydroxylation is 3. The van der Waals surface area contributed by atoms with Gasteiger partial charge in [-0.05, 0) is 83.0 Å². The zero-order valence-corrected chi connectivity index (χ0v) is 25.6. The first-order chi connectivity index (χ1) is 20.7. The van der Waals surface area contributed by atoms with Crippen LogP contribution in [0.1, 0.15) is 63.9 Å². The van der Waals surface area contributed by atoms with E-state index in [-0.39, 0.29) is 5.41 Å². The number of hydrogen-bond donors (Lipinski definition) is 1. The minimum atomic E-state index is -0.451. The molecule has 2 N–H and O–H groups in total. The topological polar surface area (TPSA) is 29.3 Å². The number of hydrazine groups is 1. The Morgan fingerprint density at radius 3 is 1.81 bits per heavy atom. The summed E-state index contributed by atoms with van der Waals surface area (Å²) in [5, 5.41) is 1.90. The Kier molecular flexibility index (Phi) is 6.30. The van der Waals surface area contributed by atoms with Gasteiger partial charge in [0.15, 0.2) is 0 Å². The van der Waals surface area contributed by atoms with Crippen molar-refractivity contribution in [2.75, 3.05) is 5.01 Å². The number of nitrogens with zero attached hydrogens (tertiary/aromatic N) is 1. The summed E-state index contributed by atoms with van der Waals surface area (Å²) in [6.07, 6.45) is 6.65. The highest BCUT2D eigenvalue weighted by atomic mass is 15.4. The molecule has 1 aliphatic heterocycles. The fourth-order valence-corrected chi connectivity index (χ4v) is 7.67. The molecule has 0 aromatic heterocycles. The maximum atomic E-state index is 7.12. The summed E-state index contributed by atoms with van der Waals surface area (Å²) in [6, 6.07) is 40.2. The van der Waals surface area contributed by atoms with Crippen LogP contribution >= 0.6 is 0 Å². The van der Waals surface area contributed by atoms with E-state index in [9.17, 15) is 0 Å². The van der Waals surface area contributed by atoms with Crippen LogP contribution in [0.15, 0.2) is 127 Å². The molecule has 0 fully saturated rings. The molecule has 0 saturated carbocycles. The smallest absolute Gasteiger partial charge is 0.0713 e. The van der Waals surface area contributed by atoms with Crippen molar-refractivity contribution >= 4 is 11.4 Å². The molecule has 0 radical (unpaired) electrons. The summed E-state index contributed by atoms with van der Waals surface area (Å²) in [4.78, 5) is 0. The fraction of sp³-hybridized carbons (Fsp3) is 0.171. The molecule has 0 saturated heterocycles. The molecular weight excluding hydrogens is 520 g/mol. The van der Waals surface area contributed by atoms with Crippen molar-refractivity contribution < 1.29 is 0 Å². The van der Waals surface area contributed by atoms with Crippen molar-refractivity contribution in [2.24, 2.45) is 5.84 Å². The predicted molar refractivity (Wildman–Crippen MR) is 181 cm³/mol. The van der Waals surface area contributed by atoms with Gasteiger partial charge < -0.3 is 0 Å². The first-order valence-corrected chi connectivity index (χ1v) is 15.2. The normalized spacial score (nSPS) is 18.0. The Morgan fingerprint density at radius 2 is 1.19 bits per heavy atom. The highest BCUT2D eigenvalue weighted by molar-refractivity contribution is 5.88. The molecule has 1 heterocycles. The maximum absolute atomic E-state index is 7.12. The first-order valence-electron chi connectivity index (χ1n) is 15.2. The zero-order valence-electron chi connectivity index (χ0n) is 25.6. The van der Waals surface area contributed by atoms with Crippen molar-refractivity contribution in [2.45, 2.75) is 45.4 Å². The zero-order chi connectivity index (χ0) is 29.9. The van der Waals surface area contributed by atoms with Crippen LogP contribution in [0.3, 0.4) is 0 Å². The average molecular weight is 559 g/mol. The minimum Gasteiger partial charge on any atom is -0.279 e. The molecule has 0 bridgehead atoms. The number of fused-ring (bicyclic) bond motifs is 4. The molecule has 7 rings (SSSR count). The van der Waals surface area contributed by atoms with Crippen molar-refractivity contribution in [3.8, 4) is 11.1 Å². The predicted octanol–water partition coefficient (Wildman–Crippen LogP) is 9.54. The fourth-order valence-electron chi connectivity index (χ4n) is 7.67. The standard InChI is InChI=1S/C41H38N2/c1-27-24-28(2)39(29(3)25-27)38-20-13-23-40(4,5)36-26-31(21-22-37(36)43(38)42)41(30-14-7-6-8-15-30)34-18-11-9-16-32(34)33-17-10-12-19-35(33)41/h6-26H,42H2,1-5H3/b23-13+,38-20-. The van der Waals surface area contributed by atoms with Gasteiger partial charge in [-0.3, -0.25) is 5.01 Å². The van der Waals surface area contributed by atoms with Crippen LogP contribution in [0.25, 0.3) is 16.8 Å². The summed E-state index contributed by atoms with van der Waals surface area (Å²) in [7, 11) is 0. The second-order valence-electron chi connectivity index (χ2n) is 12.7. The molecule has 2 nitrogen and oxygen atoms in total. The SMILES string of the molecule is Cc1cc(C)c(/C2=C/C=C/C(C)(C)c3cc(C4(c5ccccc5)c5ccccc5-c5ccccc54)ccc3N2N)c(C)c1. The largest absolute Gasteiger partial charge is 0.279 e. The third kappa shape index (κ3) is 4.05. The molecule has 5 aromatic carbocycles. The van der Waals surface area contributed by atoms with Gasteiger partial charge in [-0.2, -0.15) is 0 Å². The van der Waals surface area contributed by atoms with Gasteiger partial charge in [0.05, 0.1) is 16.8 Å². The van der Waals surface area contributed by atoms with Crippen LogP contribution in [0.5, 0.6) is 0 Å². The highest BCUT2D eigenvalue weighted by Gasteiger charge is 2.46. The van der Waals surface area contributed by atoms with Crippen molar-refractivity contribution in [1.29, 1.82) is 0 Å². The van der Waals surface area contributed by atoms with Gasteiger partial charge in [0.25, 0.3) is 0 Å².